The second kappa shape index (κ2) is 76.0. The third-order valence-corrected chi connectivity index (χ3v) is 15.7. The van der Waals surface area contributed by atoms with Gasteiger partial charge in [-0.05, 0) is 43.9 Å². The normalized spacial score (nSPS) is 12.6. The van der Waals surface area contributed by atoms with Crippen LogP contribution in [0, 0.1) is 6.92 Å². The van der Waals surface area contributed by atoms with Crippen molar-refractivity contribution in [1.29, 1.82) is 0 Å². The fraction of sp³-hybridized carbons (Fsp3) is 0.803. The largest absolute Gasteiger partial charge is 0.422 e. The molecule has 5 amide bonds. The van der Waals surface area contributed by atoms with E-state index < -0.39 is 41.3 Å². The van der Waals surface area contributed by atoms with E-state index >= 15 is 0 Å². The van der Waals surface area contributed by atoms with Gasteiger partial charge in [0, 0.05) is 63.0 Å². The number of nitrogens with zero attached hydrogens (tertiary/aromatic N) is 1. The van der Waals surface area contributed by atoms with Gasteiger partial charge in [-0.3, -0.25) is 24.0 Å². The number of hydrogen-bond acceptors (Lipinski definition) is 34. The maximum Gasteiger partial charge on any atom is 0.340 e. The second-order valence-electron chi connectivity index (χ2n) is 24.7. The first-order valence-corrected chi connectivity index (χ1v) is 39.5. The number of ether oxygens (including phenoxy) is 24. The van der Waals surface area contributed by atoms with Crippen LogP contribution in [0.4, 0.5) is 5.69 Å². The molecule has 1 aliphatic rings. The molecule has 0 bridgehead atoms. The molecule has 1 atom stereocenters. The smallest absolute Gasteiger partial charge is 0.340 e. The molecule has 1 aliphatic heterocycles. The van der Waals surface area contributed by atoms with Gasteiger partial charge in [0.2, 0.25) is 17.7 Å². The number of nitrogens with two attached hydrogens (primary N) is 1. The Kier molecular flexibility index (Phi) is 68.3. The minimum absolute atomic E-state index is 0.00310. The summed E-state index contributed by atoms with van der Waals surface area (Å²) in [5.41, 5.74) is 6.47. The molecule has 114 heavy (non-hydrogen) atoms. The Labute approximate surface area is 669 Å². The zero-order valence-electron chi connectivity index (χ0n) is 67.3. The minimum Gasteiger partial charge on any atom is -0.422 e. The highest BCUT2D eigenvalue weighted by atomic mass is 16.7. The van der Waals surface area contributed by atoms with Crippen molar-refractivity contribution in [2.24, 2.45) is 0 Å². The minimum atomic E-state index is -1.14. The standard InChI is InChI=1S/C76H131N5O33/c1-64-66-8-7-65(77)62-69(66)113-76(88)67(64)63-71(83)80-68(9-10-70(82)78-13-5-3-4-6-74(86)114-81-72(84)11-12-73(81)85)75(87)79-14-15-90-18-19-92-22-23-94-26-27-96-30-31-98-34-35-100-38-39-102-42-43-104-46-47-106-50-51-108-54-55-110-58-59-112-61-60-111-57-56-109-53-52-107-49-48-105-45-44-103-41-40-101-37-36-99-33-32-97-29-28-95-25-24-93-21-20-91-17-16-89-2/h7-8,62,68H,3-6,9-61,63,77H2,1-2H3,(H,78,82)(H,79,87)(H,80,83). The maximum absolute atomic E-state index is 13.4. The number of hydroxylamine groups is 2. The lowest BCUT2D eigenvalue weighted by molar-refractivity contribution is -0.197. The predicted molar refractivity (Wildman–Crippen MR) is 409 cm³/mol. The van der Waals surface area contributed by atoms with Crippen LogP contribution in [0.3, 0.4) is 0 Å². The monoisotopic (exact) mass is 1640 g/mol. The summed E-state index contributed by atoms with van der Waals surface area (Å²) in [6.07, 6.45) is 0.886. The molecule has 38 nitrogen and oxygen atoms in total. The number of carbonyl (C=O) groups excluding carboxylic acids is 6. The van der Waals surface area contributed by atoms with Crippen LogP contribution in [0.15, 0.2) is 27.4 Å². The van der Waals surface area contributed by atoms with E-state index in [1.165, 1.54) is 6.07 Å². The van der Waals surface area contributed by atoms with Crippen LogP contribution in [0.25, 0.3) is 11.0 Å². The van der Waals surface area contributed by atoms with Crippen LogP contribution in [-0.2, 0) is 154 Å². The Hall–Kier alpha value is -5.71. The highest BCUT2D eigenvalue weighted by molar-refractivity contribution is 6.01. The number of amides is 5. The number of rotatable bonds is 86. The first-order chi connectivity index (χ1) is 56.0. The number of imide groups is 1. The van der Waals surface area contributed by atoms with Crippen molar-refractivity contribution in [3.63, 3.8) is 0 Å². The van der Waals surface area contributed by atoms with Crippen molar-refractivity contribution >= 4 is 52.2 Å². The molecule has 5 N–H and O–H groups in total. The number of unbranched alkanes of at least 4 members (excludes halogenated alkanes) is 2. The number of nitrogen functional groups attached to an aromatic ring is 1. The SMILES string of the molecule is COCCOCCOCCOCCOCCOCCOCCOCCOCCOCCOCCOCCOCCOCCOCCOCCOCCOCCOCCOCCOCCOCCOCCOCCNC(=O)C(CCC(=O)NCCCCCC(=O)ON1C(=O)CCC1=O)NC(=O)Cc1c(C)c2ccc(N)cc2oc1=O. The van der Waals surface area contributed by atoms with Gasteiger partial charge in [-0.2, -0.15) is 0 Å². The summed E-state index contributed by atoms with van der Waals surface area (Å²) in [4.78, 5) is 92.8. The van der Waals surface area contributed by atoms with Crippen molar-refractivity contribution in [2.75, 3.05) is 336 Å². The van der Waals surface area contributed by atoms with E-state index in [1.54, 1.807) is 26.2 Å². The van der Waals surface area contributed by atoms with Gasteiger partial charge < -0.3 is 145 Å². The lowest BCUT2D eigenvalue weighted by atomic mass is 10.0. The topological polar surface area (TPSA) is 429 Å². The Morgan fingerprint density at radius 2 is 0.711 bits per heavy atom. The zero-order chi connectivity index (χ0) is 81.7. The van der Waals surface area contributed by atoms with E-state index in [-0.39, 0.29) is 88.5 Å². The van der Waals surface area contributed by atoms with E-state index in [0.29, 0.717) is 332 Å². The zero-order valence-corrected chi connectivity index (χ0v) is 67.3. The molecular weight excluding hydrogens is 1510 g/mol. The Bertz CT molecular complexity index is 2730. The predicted octanol–water partition coefficient (Wildman–Crippen LogP) is 0.919. The van der Waals surface area contributed by atoms with Gasteiger partial charge in [0.25, 0.3) is 11.8 Å². The average Bonchev–Trinajstić information content (AvgIpc) is 0.951. The van der Waals surface area contributed by atoms with Gasteiger partial charge in [0.1, 0.15) is 11.6 Å². The quantitative estimate of drug-likeness (QED) is 0.0309. The molecule has 0 radical (unpaired) electrons. The van der Waals surface area contributed by atoms with Crippen molar-refractivity contribution in [3.8, 4) is 0 Å². The first kappa shape index (κ1) is 102. The second-order valence-corrected chi connectivity index (χ2v) is 24.7. The number of benzene rings is 1. The summed E-state index contributed by atoms with van der Waals surface area (Å²) in [7, 11) is 1.64. The lowest BCUT2D eigenvalue weighted by Crippen LogP contribution is -2.48. The highest BCUT2D eigenvalue weighted by Crippen LogP contribution is 2.22. The van der Waals surface area contributed by atoms with Crippen LogP contribution in [-0.4, -0.2) is 377 Å². The summed E-state index contributed by atoms with van der Waals surface area (Å²) in [6.45, 7) is 23.1. The number of methoxy groups -OCH3 is 1. The Morgan fingerprint density at radius 1 is 0.395 bits per heavy atom. The van der Waals surface area contributed by atoms with E-state index in [2.05, 4.69) is 16.0 Å². The van der Waals surface area contributed by atoms with Gasteiger partial charge in [-0.1, -0.05) is 6.42 Å². The summed E-state index contributed by atoms with van der Waals surface area (Å²) in [5.74, 6) is -3.38. The van der Waals surface area contributed by atoms with Gasteiger partial charge in [-0.15, -0.1) is 5.06 Å². The average molecular weight is 1640 g/mol. The van der Waals surface area contributed by atoms with Gasteiger partial charge >= 0.3 is 11.6 Å². The highest BCUT2D eigenvalue weighted by Gasteiger charge is 2.33. The summed E-state index contributed by atoms with van der Waals surface area (Å²) < 4.78 is 137. The van der Waals surface area contributed by atoms with Gasteiger partial charge in [0.15, 0.2) is 0 Å². The molecule has 38 heteroatoms. The number of anilines is 1. The number of fused-ring (bicyclic) bond motifs is 1. The molecule has 2 aromatic rings. The molecule has 3 rings (SSSR count). The number of nitrogens with one attached hydrogen (secondary N) is 3. The van der Waals surface area contributed by atoms with Crippen molar-refractivity contribution in [2.45, 2.75) is 70.8 Å². The molecule has 658 valence electrons. The van der Waals surface area contributed by atoms with E-state index in [0.717, 1.165) is 0 Å². The van der Waals surface area contributed by atoms with Crippen LogP contribution < -0.4 is 27.3 Å². The number of hydrogen-bond donors (Lipinski definition) is 4. The molecule has 1 aromatic carbocycles. The molecule has 1 saturated heterocycles. The van der Waals surface area contributed by atoms with E-state index in [4.69, 9.17) is 129 Å². The lowest BCUT2D eigenvalue weighted by Gasteiger charge is -2.19. The third kappa shape index (κ3) is 59.9. The molecule has 1 unspecified atom stereocenters. The molecule has 0 spiro atoms. The van der Waals surface area contributed by atoms with Crippen LogP contribution in [0.2, 0.25) is 0 Å². The molecule has 1 aromatic heterocycles. The summed E-state index contributed by atoms with van der Waals surface area (Å²) >= 11 is 0. The molecular formula is C76H131N5O33. The third-order valence-electron chi connectivity index (χ3n) is 15.7. The fourth-order valence-corrected chi connectivity index (χ4v) is 9.71. The van der Waals surface area contributed by atoms with Crippen molar-refractivity contribution in [1.82, 2.24) is 21.0 Å². The van der Waals surface area contributed by atoms with Crippen molar-refractivity contribution < 1.29 is 152 Å². The van der Waals surface area contributed by atoms with Crippen molar-refractivity contribution in [3.05, 3.63) is 39.7 Å². The first-order valence-electron chi connectivity index (χ1n) is 39.5. The molecule has 2 heterocycles. The van der Waals surface area contributed by atoms with Gasteiger partial charge in [0.05, 0.1) is 323 Å². The molecule has 0 saturated carbocycles. The van der Waals surface area contributed by atoms with E-state index in [1.807, 2.05) is 0 Å². The number of carbonyl (C=O) groups is 6. The fourth-order valence-electron chi connectivity index (χ4n) is 9.71. The Balaban J connectivity index is 0.966. The number of aryl methyl sites for hydroxylation is 1. The van der Waals surface area contributed by atoms with E-state index in [9.17, 15) is 33.6 Å². The maximum atomic E-state index is 13.4. The van der Waals surface area contributed by atoms with Crippen LogP contribution in [0.1, 0.15) is 62.5 Å². The van der Waals surface area contributed by atoms with Gasteiger partial charge in [-0.25, -0.2) is 9.59 Å². The molecule has 0 aliphatic carbocycles. The Morgan fingerprint density at radius 3 is 1.04 bits per heavy atom. The summed E-state index contributed by atoms with van der Waals surface area (Å²) in [6, 6.07) is 3.73. The molecule has 1 fully saturated rings. The summed E-state index contributed by atoms with van der Waals surface area (Å²) in [5, 5.41) is 9.27. The van der Waals surface area contributed by atoms with Crippen LogP contribution in [0.5, 0.6) is 0 Å². The van der Waals surface area contributed by atoms with Crippen LogP contribution >= 0.6 is 0 Å².